The van der Waals surface area contributed by atoms with Gasteiger partial charge in [-0.25, -0.2) is 9.97 Å². The number of anilines is 2. The summed E-state index contributed by atoms with van der Waals surface area (Å²) in [5.74, 6) is 0.656. The molecule has 2 aromatic heterocycles. The molecule has 0 bridgehead atoms. The molecule has 0 spiro atoms. The first-order valence-electron chi connectivity index (χ1n) is 17.6. The molecule has 8 aromatic carbocycles. The Balaban J connectivity index is 1.37. The lowest BCUT2D eigenvalue weighted by Crippen LogP contribution is -2.31. The average Bonchev–Trinajstić information content (AvgIpc) is 3.60. The molecule has 3 heterocycles. The number of para-hydroxylation sites is 2. The van der Waals surface area contributed by atoms with Gasteiger partial charge in [0.25, 0.3) is 0 Å². The Morgan fingerprint density at radius 1 is 0.538 bits per heavy atom. The number of nitrogens with zero attached hydrogens (tertiary/aromatic N) is 3. The van der Waals surface area contributed by atoms with E-state index in [2.05, 4.69) is 175 Å². The second-order valence-corrected chi connectivity index (χ2v) is 15.4. The lowest BCUT2D eigenvalue weighted by molar-refractivity contribution is 0.669. The maximum atomic E-state index is 7.06. The van der Waals surface area contributed by atoms with Crippen molar-refractivity contribution in [3.05, 3.63) is 169 Å². The minimum Gasteiger partial charge on any atom is -0.454 e. The molecule has 11 rings (SSSR count). The first-order chi connectivity index (χ1) is 25.7. The van der Waals surface area contributed by atoms with Crippen molar-refractivity contribution in [2.24, 2.45) is 0 Å². The van der Waals surface area contributed by atoms with E-state index in [4.69, 9.17) is 14.4 Å². The lowest BCUT2D eigenvalue weighted by atomic mass is 9.90. The summed E-state index contributed by atoms with van der Waals surface area (Å²) >= 11 is 0. The lowest BCUT2D eigenvalue weighted by Gasteiger charge is -2.40. The monoisotopic (exact) mass is 683 g/mol. The second kappa shape index (κ2) is 11.3. The van der Waals surface area contributed by atoms with Crippen molar-refractivity contribution in [3.8, 4) is 22.4 Å². The Kier molecular flexibility index (Phi) is 6.40. The topological polar surface area (TPSA) is 42.2 Å². The van der Waals surface area contributed by atoms with E-state index < -0.39 is 8.07 Å². The Labute approximate surface area is 301 Å². The highest BCUT2D eigenvalue weighted by molar-refractivity contribution is 7.75. The van der Waals surface area contributed by atoms with Gasteiger partial charge in [0.2, 0.25) is 5.95 Å². The van der Waals surface area contributed by atoms with Crippen molar-refractivity contribution in [1.82, 2.24) is 9.97 Å². The molecule has 0 radical (unpaired) electrons. The molecule has 244 valence electrons. The smallest absolute Gasteiger partial charge is 0.235 e. The summed E-state index contributed by atoms with van der Waals surface area (Å²) in [6.07, 6.45) is 0. The molecule has 1 aliphatic heterocycles. The molecular formula is C47H30N3OP. The highest BCUT2D eigenvalue weighted by atomic mass is 31.1. The van der Waals surface area contributed by atoms with Gasteiger partial charge >= 0.3 is 0 Å². The standard InChI is InChI=1S/C47H30N3OP/c1-29-15-5-7-19-32(29)44-36-23-11-13-25-38(36)48-47(49-44)50-45-43(35-22-10-9-21-34(35)41-37-24-12-14-26-39(37)51-46(41)45)42-33-20-8-6-16-30(33)27-28-40(42)52(50)31-17-3-2-4-18-31/h2-28H,1H3. The van der Waals surface area contributed by atoms with E-state index in [1.54, 1.807) is 0 Å². The van der Waals surface area contributed by atoms with Gasteiger partial charge in [-0.3, -0.25) is 4.67 Å². The van der Waals surface area contributed by atoms with Crippen LogP contribution >= 0.6 is 8.07 Å². The van der Waals surface area contributed by atoms with E-state index in [-0.39, 0.29) is 0 Å². The van der Waals surface area contributed by atoms with E-state index in [1.165, 1.54) is 43.3 Å². The molecule has 0 aliphatic carbocycles. The number of furan rings is 1. The third-order valence-corrected chi connectivity index (χ3v) is 12.9. The molecule has 1 unspecified atom stereocenters. The Bertz CT molecular complexity index is 3060. The molecule has 52 heavy (non-hydrogen) atoms. The van der Waals surface area contributed by atoms with Crippen molar-refractivity contribution < 1.29 is 4.42 Å². The number of rotatable bonds is 3. The van der Waals surface area contributed by atoms with Crippen molar-refractivity contribution in [1.29, 1.82) is 0 Å². The zero-order valence-corrected chi connectivity index (χ0v) is 29.2. The average molecular weight is 684 g/mol. The van der Waals surface area contributed by atoms with E-state index in [9.17, 15) is 0 Å². The van der Waals surface area contributed by atoms with Crippen molar-refractivity contribution >= 4 is 84.7 Å². The van der Waals surface area contributed by atoms with Gasteiger partial charge in [0.1, 0.15) is 11.3 Å². The van der Waals surface area contributed by atoms with E-state index in [1.807, 2.05) is 0 Å². The number of hydrogen-bond donors (Lipinski definition) is 0. The van der Waals surface area contributed by atoms with Gasteiger partial charge in [-0.05, 0) is 46.2 Å². The minimum atomic E-state index is -1.24. The molecule has 0 fully saturated rings. The number of fused-ring (bicyclic) bond motifs is 13. The van der Waals surface area contributed by atoms with Crippen LogP contribution in [-0.2, 0) is 0 Å². The van der Waals surface area contributed by atoms with Crippen LogP contribution in [0, 0.1) is 6.92 Å². The van der Waals surface area contributed by atoms with Gasteiger partial charge in [0, 0.05) is 43.5 Å². The maximum Gasteiger partial charge on any atom is 0.235 e. The third-order valence-electron chi connectivity index (χ3n) is 10.5. The molecule has 5 heteroatoms. The molecule has 4 nitrogen and oxygen atoms in total. The molecule has 1 atom stereocenters. The molecule has 0 saturated carbocycles. The van der Waals surface area contributed by atoms with Crippen LogP contribution in [0.4, 0.5) is 11.6 Å². The number of aryl methyl sites for hydroxylation is 1. The zero-order chi connectivity index (χ0) is 34.3. The van der Waals surface area contributed by atoms with Gasteiger partial charge in [0.05, 0.1) is 19.3 Å². The summed E-state index contributed by atoms with van der Waals surface area (Å²) in [4.78, 5) is 11.1. The van der Waals surface area contributed by atoms with E-state index in [0.717, 1.165) is 55.3 Å². The van der Waals surface area contributed by atoms with Crippen LogP contribution < -0.4 is 15.3 Å². The Morgan fingerprint density at radius 2 is 1.21 bits per heavy atom. The van der Waals surface area contributed by atoms with Crippen molar-refractivity contribution in [2.45, 2.75) is 6.92 Å². The fourth-order valence-corrected chi connectivity index (χ4v) is 10.7. The summed E-state index contributed by atoms with van der Waals surface area (Å²) < 4.78 is 9.49. The summed E-state index contributed by atoms with van der Waals surface area (Å²) in [6, 6.07) is 58.4. The molecule has 0 amide bonds. The van der Waals surface area contributed by atoms with Crippen LogP contribution in [0.5, 0.6) is 0 Å². The quantitative estimate of drug-likeness (QED) is 0.174. The van der Waals surface area contributed by atoms with Gasteiger partial charge in [0.15, 0.2) is 5.58 Å². The molecule has 10 aromatic rings. The summed E-state index contributed by atoms with van der Waals surface area (Å²) in [5, 5.41) is 10.5. The second-order valence-electron chi connectivity index (χ2n) is 13.4. The first-order valence-corrected chi connectivity index (χ1v) is 18.9. The van der Waals surface area contributed by atoms with Crippen LogP contribution in [0.25, 0.3) is 76.8 Å². The van der Waals surface area contributed by atoms with E-state index in [0.29, 0.717) is 5.95 Å². The predicted molar refractivity (Wildman–Crippen MR) is 219 cm³/mol. The number of hydrogen-bond acceptors (Lipinski definition) is 4. The highest BCUT2D eigenvalue weighted by Crippen LogP contribution is 2.61. The van der Waals surface area contributed by atoms with Gasteiger partial charge in [-0.15, -0.1) is 0 Å². The number of aromatic nitrogens is 2. The van der Waals surface area contributed by atoms with Crippen LogP contribution in [0.15, 0.2) is 168 Å². The molecule has 0 saturated heterocycles. The first kappa shape index (κ1) is 29.4. The summed E-state index contributed by atoms with van der Waals surface area (Å²) in [5.41, 5.74) is 9.22. The molecular weight excluding hydrogens is 654 g/mol. The minimum absolute atomic E-state index is 0.656. The van der Waals surface area contributed by atoms with Crippen molar-refractivity contribution in [3.63, 3.8) is 0 Å². The predicted octanol–water partition coefficient (Wildman–Crippen LogP) is 12.0. The van der Waals surface area contributed by atoms with Gasteiger partial charge < -0.3 is 4.42 Å². The van der Waals surface area contributed by atoms with Gasteiger partial charge in [-0.2, -0.15) is 0 Å². The summed E-state index contributed by atoms with van der Waals surface area (Å²) in [6.45, 7) is 2.16. The van der Waals surface area contributed by atoms with Crippen LogP contribution in [0.2, 0.25) is 0 Å². The van der Waals surface area contributed by atoms with Gasteiger partial charge in [-0.1, -0.05) is 152 Å². The Morgan fingerprint density at radius 3 is 2.06 bits per heavy atom. The fraction of sp³-hybridized carbons (Fsp3) is 0.0213. The SMILES string of the molecule is Cc1ccccc1-c1nc(N2c3c(c4ccccc4c4c3oc3ccccc34)-c3c(ccc4ccccc34)P2c2ccccc2)nc2ccccc12. The Hall–Kier alpha value is -6.35. The van der Waals surface area contributed by atoms with Crippen LogP contribution in [0.3, 0.4) is 0 Å². The summed E-state index contributed by atoms with van der Waals surface area (Å²) in [7, 11) is -1.24. The normalized spacial score (nSPS) is 14.0. The number of benzene rings is 8. The van der Waals surface area contributed by atoms with E-state index >= 15 is 0 Å². The third kappa shape index (κ3) is 4.19. The zero-order valence-electron chi connectivity index (χ0n) is 28.3. The fourth-order valence-electron chi connectivity index (χ4n) is 8.22. The molecule has 1 aliphatic rings. The van der Waals surface area contributed by atoms with Crippen LogP contribution in [0.1, 0.15) is 5.56 Å². The van der Waals surface area contributed by atoms with Crippen molar-refractivity contribution in [2.75, 3.05) is 4.67 Å². The molecule has 0 N–H and O–H groups in total. The van der Waals surface area contributed by atoms with Crippen LogP contribution in [-0.4, -0.2) is 9.97 Å². The maximum absolute atomic E-state index is 7.06. The largest absolute Gasteiger partial charge is 0.454 e. The highest BCUT2D eigenvalue weighted by Gasteiger charge is 2.40.